The third-order valence-electron chi connectivity index (χ3n) is 5.86. The lowest BCUT2D eigenvalue weighted by Gasteiger charge is -2.31. The van der Waals surface area contributed by atoms with E-state index in [0.717, 1.165) is 13.1 Å². The second-order valence-corrected chi connectivity index (χ2v) is 7.70. The Hall–Kier alpha value is -3.23. The van der Waals surface area contributed by atoms with Crippen molar-refractivity contribution in [3.63, 3.8) is 0 Å². The zero-order valence-corrected chi connectivity index (χ0v) is 17.8. The quantitative estimate of drug-likeness (QED) is 0.423. The molecule has 2 fully saturated rings. The number of rotatable bonds is 6. The van der Waals surface area contributed by atoms with Gasteiger partial charge >= 0.3 is 0 Å². The summed E-state index contributed by atoms with van der Waals surface area (Å²) in [5.41, 5.74) is 0.398. The van der Waals surface area contributed by atoms with Crippen LogP contribution in [0.2, 0.25) is 0 Å². The van der Waals surface area contributed by atoms with Crippen LogP contribution in [0.15, 0.2) is 54.1 Å². The second kappa shape index (κ2) is 9.50. The number of hydrogen-bond acceptors (Lipinski definition) is 6. The van der Waals surface area contributed by atoms with E-state index in [2.05, 4.69) is 4.90 Å². The lowest BCUT2D eigenvalue weighted by Crippen LogP contribution is -2.42. The summed E-state index contributed by atoms with van der Waals surface area (Å²) < 4.78 is 25.3. The molecule has 1 amide bonds. The Labute approximate surface area is 185 Å². The van der Waals surface area contributed by atoms with Crippen LogP contribution in [0.5, 0.6) is 5.75 Å². The molecule has 0 bridgehead atoms. The molecule has 1 atom stereocenters. The number of likely N-dealkylation sites (tertiary alicyclic amines) is 1. The summed E-state index contributed by atoms with van der Waals surface area (Å²) in [4.78, 5) is 29.5. The van der Waals surface area contributed by atoms with E-state index in [9.17, 15) is 19.1 Å². The van der Waals surface area contributed by atoms with E-state index >= 15 is 0 Å². The van der Waals surface area contributed by atoms with Crippen LogP contribution in [0, 0.1) is 5.82 Å². The first-order chi connectivity index (χ1) is 15.5. The highest BCUT2D eigenvalue weighted by molar-refractivity contribution is 6.46. The minimum atomic E-state index is -1.01. The van der Waals surface area contributed by atoms with Crippen LogP contribution in [0.4, 0.5) is 4.39 Å². The maximum absolute atomic E-state index is 14.8. The molecule has 0 aliphatic carbocycles. The molecule has 7 nitrogen and oxygen atoms in total. The molecule has 2 aliphatic rings. The number of amides is 1. The molecule has 2 heterocycles. The summed E-state index contributed by atoms with van der Waals surface area (Å²) in [6.07, 6.45) is 0. The number of morpholine rings is 1. The van der Waals surface area contributed by atoms with E-state index < -0.39 is 23.5 Å². The van der Waals surface area contributed by atoms with Crippen LogP contribution in [0.3, 0.4) is 0 Å². The van der Waals surface area contributed by atoms with E-state index in [0.29, 0.717) is 31.1 Å². The van der Waals surface area contributed by atoms with Gasteiger partial charge in [0.2, 0.25) is 0 Å². The summed E-state index contributed by atoms with van der Waals surface area (Å²) in [5, 5.41) is 11.0. The van der Waals surface area contributed by atoms with Gasteiger partial charge in [-0.05, 0) is 30.3 Å². The lowest BCUT2D eigenvalue weighted by atomic mass is 9.95. The van der Waals surface area contributed by atoms with Gasteiger partial charge < -0.3 is 19.5 Å². The molecule has 0 aromatic heterocycles. The number of carbonyl (C=O) groups is 2. The Morgan fingerprint density at radius 3 is 2.44 bits per heavy atom. The topological polar surface area (TPSA) is 79.3 Å². The summed E-state index contributed by atoms with van der Waals surface area (Å²) >= 11 is 0. The Morgan fingerprint density at radius 2 is 1.78 bits per heavy atom. The standard InChI is InChI=1S/C24H25FN2O5/c1-31-17-8-6-16(7-9-17)22(28)20-21(18-4-2-3-5-19(18)25)27(24(30)23(20)29)11-10-26-12-14-32-15-13-26/h2-9,21,28H,10-15H2,1H3/t21-/m0/s1. The fourth-order valence-electron chi connectivity index (χ4n) is 4.11. The number of methoxy groups -OCH3 is 1. The van der Waals surface area contributed by atoms with E-state index in [4.69, 9.17) is 9.47 Å². The third kappa shape index (κ3) is 4.24. The fourth-order valence-corrected chi connectivity index (χ4v) is 4.11. The van der Waals surface area contributed by atoms with E-state index in [1.807, 2.05) is 0 Å². The maximum Gasteiger partial charge on any atom is 0.295 e. The summed E-state index contributed by atoms with van der Waals surface area (Å²) in [6.45, 7) is 3.40. The molecular formula is C24H25FN2O5. The van der Waals surface area contributed by atoms with Gasteiger partial charge in [0, 0.05) is 37.3 Å². The first-order valence-electron chi connectivity index (χ1n) is 10.5. The third-order valence-corrected chi connectivity index (χ3v) is 5.86. The van der Waals surface area contributed by atoms with Crippen molar-refractivity contribution in [2.24, 2.45) is 0 Å². The molecule has 32 heavy (non-hydrogen) atoms. The number of aliphatic hydroxyl groups excluding tert-OH is 1. The Kier molecular flexibility index (Phi) is 6.53. The maximum atomic E-state index is 14.8. The molecule has 0 radical (unpaired) electrons. The molecule has 2 aromatic carbocycles. The first kappa shape index (κ1) is 22.0. The Bertz CT molecular complexity index is 1030. The summed E-state index contributed by atoms with van der Waals surface area (Å²) in [7, 11) is 1.52. The van der Waals surface area contributed by atoms with Crippen molar-refractivity contribution >= 4 is 17.4 Å². The van der Waals surface area contributed by atoms with Gasteiger partial charge in [-0.2, -0.15) is 0 Å². The molecule has 0 saturated carbocycles. The predicted octanol–water partition coefficient (Wildman–Crippen LogP) is 2.59. The van der Waals surface area contributed by atoms with Crippen LogP contribution < -0.4 is 4.74 Å². The molecule has 1 N–H and O–H groups in total. The lowest BCUT2D eigenvalue weighted by molar-refractivity contribution is -0.140. The molecule has 2 saturated heterocycles. The van der Waals surface area contributed by atoms with Gasteiger partial charge in [0.25, 0.3) is 11.7 Å². The van der Waals surface area contributed by atoms with Gasteiger partial charge in [-0.1, -0.05) is 18.2 Å². The average molecular weight is 440 g/mol. The van der Waals surface area contributed by atoms with Crippen LogP contribution in [0.1, 0.15) is 17.2 Å². The van der Waals surface area contributed by atoms with E-state index in [-0.39, 0.29) is 23.4 Å². The van der Waals surface area contributed by atoms with Crippen molar-refractivity contribution in [2.75, 3.05) is 46.5 Å². The number of aliphatic hydroxyl groups is 1. The average Bonchev–Trinajstić information content (AvgIpc) is 3.08. The van der Waals surface area contributed by atoms with Crippen LogP contribution >= 0.6 is 0 Å². The number of benzene rings is 2. The van der Waals surface area contributed by atoms with Crippen molar-refractivity contribution < 1.29 is 28.6 Å². The van der Waals surface area contributed by atoms with Crippen molar-refractivity contribution in [3.8, 4) is 5.75 Å². The molecular weight excluding hydrogens is 415 g/mol. The molecule has 168 valence electrons. The van der Waals surface area contributed by atoms with Gasteiger partial charge in [-0.25, -0.2) is 4.39 Å². The summed E-state index contributed by atoms with van der Waals surface area (Å²) in [6, 6.07) is 11.5. The van der Waals surface area contributed by atoms with Gasteiger partial charge in [-0.3, -0.25) is 14.5 Å². The highest BCUT2D eigenvalue weighted by Gasteiger charge is 2.46. The van der Waals surface area contributed by atoms with Crippen LogP contribution in [-0.2, 0) is 14.3 Å². The monoisotopic (exact) mass is 440 g/mol. The SMILES string of the molecule is COc1ccc(C(O)=C2C(=O)C(=O)N(CCN3CCOCC3)[C@H]2c2ccccc2F)cc1. The zero-order valence-electron chi connectivity index (χ0n) is 17.8. The van der Waals surface area contributed by atoms with Gasteiger partial charge in [0.15, 0.2) is 0 Å². The van der Waals surface area contributed by atoms with Crippen LogP contribution in [-0.4, -0.2) is 73.1 Å². The predicted molar refractivity (Wildman–Crippen MR) is 116 cm³/mol. The smallest absolute Gasteiger partial charge is 0.295 e. The molecule has 2 aromatic rings. The van der Waals surface area contributed by atoms with E-state index in [1.54, 1.807) is 36.4 Å². The minimum Gasteiger partial charge on any atom is -0.507 e. The van der Waals surface area contributed by atoms with Gasteiger partial charge in [0.1, 0.15) is 17.3 Å². The highest BCUT2D eigenvalue weighted by Crippen LogP contribution is 2.40. The number of halogens is 1. The van der Waals surface area contributed by atoms with Crippen molar-refractivity contribution in [1.82, 2.24) is 9.80 Å². The van der Waals surface area contributed by atoms with Crippen LogP contribution in [0.25, 0.3) is 5.76 Å². The normalized spacial score (nSPS) is 21.2. The highest BCUT2D eigenvalue weighted by atomic mass is 19.1. The van der Waals surface area contributed by atoms with Gasteiger partial charge in [-0.15, -0.1) is 0 Å². The van der Waals surface area contributed by atoms with E-state index in [1.165, 1.54) is 24.1 Å². The van der Waals surface area contributed by atoms with Crippen molar-refractivity contribution in [3.05, 3.63) is 71.0 Å². The number of ether oxygens (including phenoxy) is 2. The second-order valence-electron chi connectivity index (χ2n) is 7.70. The molecule has 2 aliphatic heterocycles. The zero-order chi connectivity index (χ0) is 22.7. The number of Topliss-reactive ketones (excluding diaryl/α,β-unsaturated/α-hetero) is 1. The minimum absolute atomic E-state index is 0.118. The fraction of sp³-hybridized carbons (Fsp3) is 0.333. The molecule has 4 rings (SSSR count). The first-order valence-corrected chi connectivity index (χ1v) is 10.5. The van der Waals surface area contributed by atoms with Gasteiger partial charge in [0.05, 0.1) is 31.9 Å². The van der Waals surface area contributed by atoms with Crippen molar-refractivity contribution in [1.29, 1.82) is 0 Å². The molecule has 0 spiro atoms. The van der Waals surface area contributed by atoms with Crippen molar-refractivity contribution in [2.45, 2.75) is 6.04 Å². The Balaban J connectivity index is 1.74. The number of carbonyl (C=O) groups excluding carboxylic acids is 2. The molecule has 8 heteroatoms. The number of hydrogen-bond donors (Lipinski definition) is 1. The number of nitrogens with zero attached hydrogens (tertiary/aromatic N) is 2. The Morgan fingerprint density at radius 1 is 1.09 bits per heavy atom. The summed E-state index contributed by atoms with van der Waals surface area (Å²) in [5.74, 6) is -1.88. The number of ketones is 1. The molecule has 0 unspecified atom stereocenters. The largest absolute Gasteiger partial charge is 0.507 e.